The molecular weight excluding hydrogens is 382 g/mol. The molecular formula is C26H39N5. The number of hydrogen-bond donors (Lipinski definition) is 2. The second-order valence-corrected chi connectivity index (χ2v) is 8.24. The van der Waals surface area contributed by atoms with Gasteiger partial charge in [-0.05, 0) is 37.1 Å². The molecule has 0 aromatic heterocycles. The van der Waals surface area contributed by atoms with Gasteiger partial charge in [-0.25, -0.2) is 0 Å². The summed E-state index contributed by atoms with van der Waals surface area (Å²) in [6.45, 7) is 11.3. The Hall–Kier alpha value is -2.37. The third kappa shape index (κ3) is 7.67. The Morgan fingerprint density at radius 3 is 1.97 bits per heavy atom. The lowest BCUT2D eigenvalue weighted by molar-refractivity contribution is 0.136. The molecule has 0 spiro atoms. The molecule has 0 bridgehead atoms. The van der Waals surface area contributed by atoms with Crippen LogP contribution < -0.4 is 10.6 Å². The van der Waals surface area contributed by atoms with E-state index in [9.17, 15) is 0 Å². The number of unbranched alkanes of at least 4 members (excludes halogenated alkanes) is 1. The van der Waals surface area contributed by atoms with E-state index in [1.54, 1.807) is 0 Å². The van der Waals surface area contributed by atoms with Crippen molar-refractivity contribution in [2.75, 3.05) is 59.4 Å². The summed E-state index contributed by atoms with van der Waals surface area (Å²) in [5, 5.41) is 7.03. The largest absolute Gasteiger partial charge is 0.356 e. The Kier molecular flexibility index (Phi) is 9.87. The lowest BCUT2D eigenvalue weighted by Crippen LogP contribution is -2.46. The Morgan fingerprint density at radius 2 is 1.42 bits per heavy atom. The van der Waals surface area contributed by atoms with Crippen molar-refractivity contribution < 1.29 is 0 Å². The molecule has 1 heterocycles. The SMILES string of the molecule is CCN1CCN(CCCCNC(=NC)NCC(c2ccccc2)c2ccccc2)CC1. The Balaban J connectivity index is 1.41. The molecule has 0 aliphatic carbocycles. The van der Waals surface area contributed by atoms with Gasteiger partial charge in [0.05, 0.1) is 0 Å². The zero-order valence-corrected chi connectivity index (χ0v) is 19.3. The zero-order valence-electron chi connectivity index (χ0n) is 19.3. The van der Waals surface area contributed by atoms with Gasteiger partial charge in [0.1, 0.15) is 0 Å². The van der Waals surface area contributed by atoms with Crippen molar-refractivity contribution >= 4 is 5.96 Å². The van der Waals surface area contributed by atoms with E-state index in [-0.39, 0.29) is 0 Å². The number of rotatable bonds is 10. The van der Waals surface area contributed by atoms with E-state index in [2.05, 4.69) is 93.0 Å². The van der Waals surface area contributed by atoms with Crippen molar-refractivity contribution in [1.82, 2.24) is 20.4 Å². The molecule has 2 aromatic rings. The molecule has 5 nitrogen and oxygen atoms in total. The summed E-state index contributed by atoms with van der Waals surface area (Å²) in [6, 6.07) is 21.4. The summed E-state index contributed by atoms with van der Waals surface area (Å²) in [7, 11) is 1.85. The first-order chi connectivity index (χ1) is 15.3. The van der Waals surface area contributed by atoms with E-state index in [4.69, 9.17) is 0 Å². The highest BCUT2D eigenvalue weighted by atomic mass is 15.3. The molecule has 5 heteroatoms. The smallest absolute Gasteiger partial charge is 0.191 e. The highest BCUT2D eigenvalue weighted by Crippen LogP contribution is 2.23. The maximum Gasteiger partial charge on any atom is 0.191 e. The molecule has 1 saturated heterocycles. The van der Waals surface area contributed by atoms with E-state index in [0.29, 0.717) is 5.92 Å². The van der Waals surface area contributed by atoms with Gasteiger partial charge in [-0.2, -0.15) is 0 Å². The molecule has 3 rings (SSSR count). The minimum absolute atomic E-state index is 0.294. The lowest BCUT2D eigenvalue weighted by Gasteiger charge is -2.34. The lowest BCUT2D eigenvalue weighted by atomic mass is 9.91. The normalized spacial score (nSPS) is 15.9. The fourth-order valence-corrected chi connectivity index (χ4v) is 4.21. The number of guanidine groups is 1. The zero-order chi connectivity index (χ0) is 21.7. The fourth-order valence-electron chi connectivity index (χ4n) is 4.21. The fraction of sp³-hybridized carbons (Fsp3) is 0.500. The molecule has 0 amide bonds. The third-order valence-corrected chi connectivity index (χ3v) is 6.21. The Morgan fingerprint density at radius 1 is 0.839 bits per heavy atom. The van der Waals surface area contributed by atoms with E-state index >= 15 is 0 Å². The second-order valence-electron chi connectivity index (χ2n) is 8.24. The van der Waals surface area contributed by atoms with Crippen LogP contribution in [-0.4, -0.2) is 75.2 Å². The van der Waals surface area contributed by atoms with Gasteiger partial charge in [0.15, 0.2) is 5.96 Å². The maximum absolute atomic E-state index is 4.43. The van der Waals surface area contributed by atoms with E-state index in [0.717, 1.165) is 25.5 Å². The van der Waals surface area contributed by atoms with Crippen molar-refractivity contribution in [3.05, 3.63) is 71.8 Å². The summed E-state index contributed by atoms with van der Waals surface area (Å²) in [5.74, 6) is 1.18. The highest BCUT2D eigenvalue weighted by molar-refractivity contribution is 5.79. The van der Waals surface area contributed by atoms with Crippen molar-refractivity contribution in [1.29, 1.82) is 0 Å². The number of nitrogens with zero attached hydrogens (tertiary/aromatic N) is 3. The van der Waals surface area contributed by atoms with Crippen LogP contribution in [-0.2, 0) is 0 Å². The van der Waals surface area contributed by atoms with Crippen LogP contribution in [0, 0.1) is 0 Å². The van der Waals surface area contributed by atoms with Crippen molar-refractivity contribution in [3.8, 4) is 0 Å². The first kappa shape index (κ1) is 23.3. The number of hydrogen-bond acceptors (Lipinski definition) is 3. The molecule has 1 aliphatic rings. The van der Waals surface area contributed by atoms with Crippen LogP contribution in [0.4, 0.5) is 0 Å². The molecule has 168 valence electrons. The van der Waals surface area contributed by atoms with Gasteiger partial charge in [0, 0.05) is 52.2 Å². The van der Waals surface area contributed by atoms with Crippen LogP contribution in [0.25, 0.3) is 0 Å². The number of likely N-dealkylation sites (N-methyl/N-ethyl adjacent to an activating group) is 1. The molecule has 0 atom stereocenters. The first-order valence-electron chi connectivity index (χ1n) is 11.8. The summed E-state index contributed by atoms with van der Waals surface area (Å²) in [5.41, 5.74) is 2.64. The van der Waals surface area contributed by atoms with E-state index in [1.165, 1.54) is 56.8 Å². The van der Waals surface area contributed by atoms with Crippen LogP contribution in [0.15, 0.2) is 65.7 Å². The van der Waals surface area contributed by atoms with Crippen LogP contribution in [0.5, 0.6) is 0 Å². The van der Waals surface area contributed by atoms with E-state index in [1.807, 2.05) is 7.05 Å². The molecule has 2 aromatic carbocycles. The van der Waals surface area contributed by atoms with Crippen LogP contribution in [0.1, 0.15) is 36.8 Å². The van der Waals surface area contributed by atoms with Gasteiger partial charge in [-0.15, -0.1) is 0 Å². The monoisotopic (exact) mass is 421 g/mol. The number of piperazine rings is 1. The number of aliphatic imine (C=N–C) groups is 1. The van der Waals surface area contributed by atoms with Gasteiger partial charge in [0.2, 0.25) is 0 Å². The summed E-state index contributed by atoms with van der Waals surface area (Å²) >= 11 is 0. The molecule has 0 radical (unpaired) electrons. The second kappa shape index (κ2) is 13.1. The summed E-state index contributed by atoms with van der Waals surface area (Å²) in [4.78, 5) is 9.57. The van der Waals surface area contributed by atoms with Gasteiger partial charge >= 0.3 is 0 Å². The molecule has 2 N–H and O–H groups in total. The first-order valence-corrected chi connectivity index (χ1v) is 11.8. The predicted molar refractivity (Wildman–Crippen MR) is 132 cm³/mol. The number of nitrogens with one attached hydrogen (secondary N) is 2. The molecule has 0 unspecified atom stereocenters. The van der Waals surface area contributed by atoms with Crippen LogP contribution >= 0.6 is 0 Å². The van der Waals surface area contributed by atoms with Gasteiger partial charge < -0.3 is 20.4 Å². The maximum atomic E-state index is 4.43. The van der Waals surface area contributed by atoms with Crippen molar-refractivity contribution in [3.63, 3.8) is 0 Å². The summed E-state index contributed by atoms with van der Waals surface area (Å²) < 4.78 is 0. The summed E-state index contributed by atoms with van der Waals surface area (Å²) in [6.07, 6.45) is 2.39. The van der Waals surface area contributed by atoms with Crippen LogP contribution in [0.3, 0.4) is 0 Å². The molecule has 0 saturated carbocycles. The highest BCUT2D eigenvalue weighted by Gasteiger charge is 2.15. The molecule has 1 fully saturated rings. The topological polar surface area (TPSA) is 42.9 Å². The predicted octanol–water partition coefficient (Wildman–Crippen LogP) is 3.40. The van der Waals surface area contributed by atoms with Gasteiger partial charge in [-0.3, -0.25) is 4.99 Å². The average molecular weight is 422 g/mol. The van der Waals surface area contributed by atoms with Crippen molar-refractivity contribution in [2.24, 2.45) is 4.99 Å². The van der Waals surface area contributed by atoms with Gasteiger partial charge in [-0.1, -0.05) is 67.6 Å². The third-order valence-electron chi connectivity index (χ3n) is 6.21. The van der Waals surface area contributed by atoms with Crippen molar-refractivity contribution in [2.45, 2.75) is 25.7 Å². The Labute approximate surface area is 188 Å². The number of benzene rings is 2. The Bertz CT molecular complexity index is 714. The van der Waals surface area contributed by atoms with E-state index < -0.39 is 0 Å². The minimum Gasteiger partial charge on any atom is -0.356 e. The minimum atomic E-state index is 0.294. The molecule has 31 heavy (non-hydrogen) atoms. The van der Waals surface area contributed by atoms with Gasteiger partial charge in [0.25, 0.3) is 0 Å². The quantitative estimate of drug-likeness (QED) is 0.351. The molecule has 1 aliphatic heterocycles. The average Bonchev–Trinajstić information content (AvgIpc) is 2.84. The standard InChI is InChI=1S/C26H39N5/c1-3-30-18-20-31(21-19-30)17-11-10-16-28-26(27-2)29-22-25(23-12-6-4-7-13-23)24-14-8-5-9-15-24/h4-9,12-15,25H,3,10-11,16-22H2,1-2H3,(H2,27,28,29). The van der Waals surface area contributed by atoms with Crippen LogP contribution in [0.2, 0.25) is 0 Å².